The van der Waals surface area contributed by atoms with Crippen LogP contribution in [-0.2, 0) is 14.3 Å². The number of rotatable bonds is 6. The van der Waals surface area contributed by atoms with Gasteiger partial charge in [0, 0.05) is 13.5 Å². The summed E-state index contributed by atoms with van der Waals surface area (Å²) in [6, 6.07) is 0. The van der Waals surface area contributed by atoms with E-state index in [0.717, 1.165) is 6.42 Å². The number of carbonyl (C=O) groups excluding carboxylic acids is 1. The van der Waals surface area contributed by atoms with Crippen molar-refractivity contribution < 1.29 is 14.3 Å². The molecule has 0 saturated carbocycles. The van der Waals surface area contributed by atoms with E-state index in [1.165, 1.54) is 7.11 Å². The highest BCUT2D eigenvalue weighted by atomic mass is 16.5. The molecule has 0 aliphatic carbocycles. The van der Waals surface area contributed by atoms with Gasteiger partial charge in [0.1, 0.15) is 0 Å². The van der Waals surface area contributed by atoms with Gasteiger partial charge in [-0.15, -0.1) is 0 Å². The minimum absolute atomic E-state index is 0.123. The molecule has 1 atom stereocenters. The molecule has 0 bridgehead atoms. The summed E-state index contributed by atoms with van der Waals surface area (Å²) in [5, 5.41) is 0. The third-order valence-electron chi connectivity index (χ3n) is 2.35. The number of hydrogen-bond acceptors (Lipinski definition) is 4. The Kier molecular flexibility index (Phi) is 5.72. The maximum absolute atomic E-state index is 11.0. The van der Waals surface area contributed by atoms with E-state index in [2.05, 4.69) is 4.74 Å². The molecule has 1 unspecified atom stereocenters. The zero-order valence-electron chi connectivity index (χ0n) is 9.50. The molecular formula is C10H21NO3. The van der Waals surface area contributed by atoms with Gasteiger partial charge >= 0.3 is 5.97 Å². The quantitative estimate of drug-likeness (QED) is 0.653. The highest BCUT2D eigenvalue weighted by molar-refractivity contribution is 5.69. The lowest BCUT2D eigenvalue weighted by atomic mass is 9.91. The van der Waals surface area contributed by atoms with Gasteiger partial charge in [-0.2, -0.15) is 0 Å². The van der Waals surface area contributed by atoms with Crippen molar-refractivity contribution in [3.05, 3.63) is 0 Å². The lowest BCUT2D eigenvalue weighted by Crippen LogP contribution is -2.31. The number of methoxy groups -OCH3 is 2. The summed E-state index contributed by atoms with van der Waals surface area (Å²) in [5.74, 6) is -0.0928. The van der Waals surface area contributed by atoms with Crippen molar-refractivity contribution >= 4 is 5.97 Å². The number of esters is 1. The average Bonchev–Trinajstić information content (AvgIpc) is 2.16. The lowest BCUT2D eigenvalue weighted by molar-refractivity contribution is -0.142. The Morgan fingerprint density at radius 2 is 2.00 bits per heavy atom. The molecule has 0 aromatic carbocycles. The van der Waals surface area contributed by atoms with Gasteiger partial charge in [0.2, 0.25) is 0 Å². The van der Waals surface area contributed by atoms with E-state index in [-0.39, 0.29) is 17.5 Å². The molecule has 0 aliphatic rings. The van der Waals surface area contributed by atoms with E-state index in [1.807, 2.05) is 13.8 Å². The Balaban J connectivity index is 4.09. The topological polar surface area (TPSA) is 61.5 Å². The van der Waals surface area contributed by atoms with Gasteiger partial charge in [-0.1, -0.05) is 0 Å². The summed E-state index contributed by atoms with van der Waals surface area (Å²) < 4.78 is 9.87. The van der Waals surface area contributed by atoms with Crippen molar-refractivity contribution in [1.82, 2.24) is 0 Å². The van der Waals surface area contributed by atoms with Crippen molar-refractivity contribution in [2.75, 3.05) is 20.8 Å². The van der Waals surface area contributed by atoms with Crippen molar-refractivity contribution in [3.63, 3.8) is 0 Å². The number of ether oxygens (including phenoxy) is 2. The van der Waals surface area contributed by atoms with Gasteiger partial charge in [0.25, 0.3) is 0 Å². The predicted octanol–water partition coefficient (Wildman–Crippen LogP) is 0.939. The smallest absolute Gasteiger partial charge is 0.305 e. The minimum Gasteiger partial charge on any atom is -0.469 e. The summed E-state index contributed by atoms with van der Waals surface area (Å²) in [6.07, 6.45) is 1.12. The van der Waals surface area contributed by atoms with Gasteiger partial charge in [-0.3, -0.25) is 4.79 Å². The molecule has 14 heavy (non-hydrogen) atoms. The van der Waals surface area contributed by atoms with Crippen LogP contribution in [0.25, 0.3) is 0 Å². The average molecular weight is 203 g/mol. The normalized spacial score (nSPS) is 13.8. The SMILES string of the molecule is COC(=O)CC(CN)CC(C)(C)OC. The first-order valence-corrected chi connectivity index (χ1v) is 4.77. The summed E-state index contributed by atoms with van der Waals surface area (Å²) in [5.41, 5.74) is 5.34. The van der Waals surface area contributed by atoms with Crippen LogP contribution < -0.4 is 5.73 Å². The van der Waals surface area contributed by atoms with Gasteiger partial charge < -0.3 is 15.2 Å². The van der Waals surface area contributed by atoms with Crippen molar-refractivity contribution in [1.29, 1.82) is 0 Å². The van der Waals surface area contributed by atoms with Gasteiger partial charge in [-0.25, -0.2) is 0 Å². The summed E-state index contributed by atoms with van der Waals surface area (Å²) in [4.78, 5) is 11.0. The van der Waals surface area contributed by atoms with Crippen molar-refractivity contribution in [2.24, 2.45) is 11.7 Å². The van der Waals surface area contributed by atoms with Gasteiger partial charge in [0.05, 0.1) is 12.7 Å². The highest BCUT2D eigenvalue weighted by Gasteiger charge is 2.23. The molecule has 2 N–H and O–H groups in total. The van der Waals surface area contributed by atoms with Crippen molar-refractivity contribution in [3.8, 4) is 0 Å². The van der Waals surface area contributed by atoms with Crippen LogP contribution in [0.5, 0.6) is 0 Å². The van der Waals surface area contributed by atoms with Crippen LogP contribution in [0.15, 0.2) is 0 Å². The third kappa shape index (κ3) is 5.19. The molecule has 0 fully saturated rings. The second-order valence-corrected chi connectivity index (χ2v) is 4.05. The zero-order valence-corrected chi connectivity index (χ0v) is 9.50. The Morgan fingerprint density at radius 3 is 2.36 bits per heavy atom. The third-order valence-corrected chi connectivity index (χ3v) is 2.35. The maximum atomic E-state index is 11.0. The summed E-state index contributed by atoms with van der Waals surface area (Å²) in [7, 11) is 3.04. The first kappa shape index (κ1) is 13.4. The number of nitrogens with two attached hydrogens (primary N) is 1. The molecule has 0 amide bonds. The van der Waals surface area contributed by atoms with Gasteiger partial charge in [0.15, 0.2) is 0 Å². The fourth-order valence-corrected chi connectivity index (χ4v) is 1.34. The Morgan fingerprint density at radius 1 is 1.43 bits per heavy atom. The first-order valence-electron chi connectivity index (χ1n) is 4.77. The Labute approximate surface area is 85.8 Å². The first-order chi connectivity index (χ1) is 6.45. The second-order valence-electron chi connectivity index (χ2n) is 4.05. The van der Waals surface area contributed by atoms with Crippen LogP contribution in [0.1, 0.15) is 26.7 Å². The summed E-state index contributed by atoms with van der Waals surface area (Å²) >= 11 is 0. The lowest BCUT2D eigenvalue weighted by Gasteiger charge is -2.27. The van der Waals surface area contributed by atoms with E-state index >= 15 is 0 Å². The fraction of sp³-hybridized carbons (Fsp3) is 0.900. The molecule has 4 nitrogen and oxygen atoms in total. The van der Waals surface area contributed by atoms with Crippen molar-refractivity contribution in [2.45, 2.75) is 32.3 Å². The molecule has 0 aromatic heterocycles. The maximum Gasteiger partial charge on any atom is 0.305 e. The van der Waals surface area contributed by atoms with E-state index in [9.17, 15) is 4.79 Å². The van der Waals surface area contributed by atoms with Crippen LogP contribution >= 0.6 is 0 Å². The largest absolute Gasteiger partial charge is 0.469 e. The highest BCUT2D eigenvalue weighted by Crippen LogP contribution is 2.21. The molecule has 84 valence electrons. The van der Waals surface area contributed by atoms with Crippen LogP contribution in [0, 0.1) is 5.92 Å². The Bertz CT molecular complexity index is 180. The van der Waals surface area contributed by atoms with Crippen LogP contribution in [-0.4, -0.2) is 32.3 Å². The fourth-order valence-electron chi connectivity index (χ4n) is 1.34. The molecule has 0 saturated heterocycles. The van der Waals surface area contributed by atoms with E-state index in [1.54, 1.807) is 7.11 Å². The molecule has 4 heteroatoms. The Hall–Kier alpha value is -0.610. The number of carbonyl (C=O) groups is 1. The standard InChI is InChI=1S/C10H21NO3/c1-10(2,14-4)6-8(7-11)5-9(12)13-3/h8H,5-7,11H2,1-4H3. The molecule has 0 rings (SSSR count). The molecule has 0 spiro atoms. The number of hydrogen-bond donors (Lipinski definition) is 1. The molecule has 0 aromatic rings. The molecule has 0 radical (unpaired) electrons. The minimum atomic E-state index is -0.238. The predicted molar refractivity (Wildman–Crippen MR) is 54.9 cm³/mol. The van der Waals surface area contributed by atoms with Crippen LogP contribution in [0.2, 0.25) is 0 Å². The van der Waals surface area contributed by atoms with E-state index in [4.69, 9.17) is 10.5 Å². The monoisotopic (exact) mass is 203 g/mol. The summed E-state index contributed by atoms with van der Waals surface area (Å²) in [6.45, 7) is 4.43. The second kappa shape index (κ2) is 5.98. The van der Waals surface area contributed by atoms with E-state index in [0.29, 0.717) is 13.0 Å². The van der Waals surface area contributed by atoms with E-state index < -0.39 is 0 Å². The molecule has 0 heterocycles. The van der Waals surface area contributed by atoms with Crippen LogP contribution in [0.4, 0.5) is 0 Å². The molecule has 0 aliphatic heterocycles. The molecular weight excluding hydrogens is 182 g/mol. The zero-order chi connectivity index (χ0) is 11.2. The van der Waals surface area contributed by atoms with Crippen LogP contribution in [0.3, 0.4) is 0 Å². The van der Waals surface area contributed by atoms with Gasteiger partial charge in [-0.05, 0) is 32.7 Å².